The Morgan fingerprint density at radius 2 is 1.86 bits per heavy atom. The summed E-state index contributed by atoms with van der Waals surface area (Å²) in [6, 6.07) is 0. The zero-order chi connectivity index (χ0) is 10.2. The zero-order valence-electron chi connectivity index (χ0n) is 9.07. The molecule has 0 bridgehead atoms. The third kappa shape index (κ3) is 11.0. The molecule has 0 aliphatic heterocycles. The molecule has 0 aromatic rings. The maximum atomic E-state index is 9.63. The highest BCUT2D eigenvalue weighted by Gasteiger charge is 2.12. The van der Waals surface area contributed by atoms with Crippen molar-refractivity contribution in [1.82, 2.24) is 6.15 Å². The number of rotatable bonds is 8. The Balaban J connectivity index is 0. The van der Waals surface area contributed by atoms with Gasteiger partial charge in [-0.05, 0) is 24.6 Å². The van der Waals surface area contributed by atoms with Crippen LogP contribution in [0.4, 0.5) is 0 Å². The summed E-state index contributed by atoms with van der Waals surface area (Å²) >= 11 is 6.39. The molecule has 0 aliphatic carbocycles. The fourth-order valence-electron chi connectivity index (χ4n) is 0.686. The molecule has 4 N–H and O–H groups in total. The van der Waals surface area contributed by atoms with Gasteiger partial charge in [-0.2, -0.15) is 0 Å². The van der Waals surface area contributed by atoms with Crippen LogP contribution in [0.1, 0.15) is 39.5 Å². The van der Waals surface area contributed by atoms with Gasteiger partial charge in [0.25, 0.3) is 0 Å². The minimum atomic E-state index is -2.50. The normalized spacial score (nSPS) is 14.5. The van der Waals surface area contributed by atoms with Crippen molar-refractivity contribution in [3.05, 3.63) is 0 Å². The average molecular weight is 259 g/mol. The molecule has 1 atom stereocenters. The smallest absolute Gasteiger partial charge is 0.244 e. The molecule has 6 heteroatoms. The van der Waals surface area contributed by atoms with E-state index in [-0.39, 0.29) is 6.15 Å². The molecule has 0 amide bonds. The second-order valence-electron chi connectivity index (χ2n) is 2.84. The molecule has 0 fully saturated rings. The first-order valence-electron chi connectivity index (χ1n) is 4.74. The van der Waals surface area contributed by atoms with E-state index < -0.39 is 5.69 Å². The summed E-state index contributed by atoms with van der Waals surface area (Å²) in [7, 11) is 0. The number of hydrogen-bond donors (Lipinski definition) is 2. The van der Waals surface area contributed by atoms with Crippen molar-refractivity contribution in [2.45, 2.75) is 39.5 Å². The van der Waals surface area contributed by atoms with E-state index in [2.05, 4.69) is 13.8 Å². The Kier molecular flexibility index (Phi) is 12.8. The second kappa shape index (κ2) is 10.4. The number of hydrogen-bond acceptors (Lipinski definition) is 4. The average Bonchev–Trinajstić information content (AvgIpc) is 2.05. The van der Waals surface area contributed by atoms with Crippen LogP contribution in [0.2, 0.25) is 0 Å². The largest absolute Gasteiger partial charge is 0.344 e. The molecular weight excluding hydrogens is 237 g/mol. The Bertz CT molecular complexity index is 155. The van der Waals surface area contributed by atoms with E-state index in [1.54, 1.807) is 0 Å². The van der Waals surface area contributed by atoms with Crippen LogP contribution in [0.3, 0.4) is 0 Å². The molecule has 1 unspecified atom stereocenters. The number of unbranched alkanes of at least 4 members (excludes halogenated alkanes) is 2. The molecule has 0 spiro atoms. The van der Waals surface area contributed by atoms with Crippen LogP contribution in [-0.4, -0.2) is 17.3 Å². The molecule has 0 radical (unpaired) electrons. The minimum Gasteiger partial charge on any atom is -0.344 e. The molecule has 88 valence electrons. The van der Waals surface area contributed by atoms with E-state index in [1.807, 2.05) is 0 Å². The van der Waals surface area contributed by atoms with Gasteiger partial charge in [-0.15, -0.1) is 0 Å². The first-order chi connectivity index (χ1) is 6.12. The Morgan fingerprint density at radius 3 is 2.36 bits per heavy atom. The van der Waals surface area contributed by atoms with Crippen LogP contribution in [0, 0.1) is 0 Å². The predicted molar refractivity (Wildman–Crippen MR) is 69.8 cm³/mol. The van der Waals surface area contributed by atoms with Gasteiger partial charge in [0.05, 0.1) is 6.61 Å². The van der Waals surface area contributed by atoms with Crippen LogP contribution in [0.25, 0.3) is 0 Å². The fraction of sp³-hybridized carbons (Fsp3) is 1.00. The van der Waals surface area contributed by atoms with Crippen molar-refractivity contribution in [1.29, 1.82) is 0 Å². The van der Waals surface area contributed by atoms with Crippen LogP contribution >= 0.6 is 17.1 Å². The van der Waals surface area contributed by atoms with Crippen molar-refractivity contribution in [3.63, 3.8) is 0 Å². The second-order valence-corrected chi connectivity index (χ2v) is 9.14. The first kappa shape index (κ1) is 17.3. The summed E-state index contributed by atoms with van der Waals surface area (Å²) in [5.74, 6) is 0.913. The Hall–Kier alpha value is 0.880. The molecule has 0 aromatic heterocycles. The highest BCUT2D eigenvalue weighted by atomic mass is 32.9. The van der Waals surface area contributed by atoms with E-state index in [1.165, 1.54) is 11.4 Å². The molecule has 0 aliphatic rings. The van der Waals surface area contributed by atoms with Crippen LogP contribution in [-0.2, 0) is 16.3 Å². The predicted octanol–water partition coefficient (Wildman–Crippen LogP) is 3.72. The fourth-order valence-corrected chi connectivity index (χ4v) is 4.19. The van der Waals surface area contributed by atoms with E-state index in [0.717, 1.165) is 31.4 Å². The first-order valence-corrected chi connectivity index (χ1v) is 9.00. The van der Waals surface area contributed by atoms with E-state index in [9.17, 15) is 4.89 Å². The maximum Gasteiger partial charge on any atom is 0.244 e. The molecule has 0 aromatic carbocycles. The monoisotopic (exact) mass is 259 g/mol. The summed E-state index contributed by atoms with van der Waals surface area (Å²) in [6.07, 6.45) is 4.29. The summed E-state index contributed by atoms with van der Waals surface area (Å²) < 4.78 is 5.26. The van der Waals surface area contributed by atoms with Crippen molar-refractivity contribution in [3.8, 4) is 0 Å². The Morgan fingerprint density at radius 1 is 1.29 bits per heavy atom. The van der Waals surface area contributed by atoms with Gasteiger partial charge in [0.15, 0.2) is 0 Å². The molecule has 0 rings (SSSR count). The molecular formula is C8H22NO2PS2. The van der Waals surface area contributed by atoms with Crippen molar-refractivity contribution < 1.29 is 9.42 Å². The summed E-state index contributed by atoms with van der Waals surface area (Å²) in [5.41, 5.74) is -2.50. The van der Waals surface area contributed by atoms with Gasteiger partial charge in [0.1, 0.15) is 0 Å². The topological polar surface area (TPSA) is 64.5 Å². The molecule has 3 nitrogen and oxygen atoms in total. The van der Waals surface area contributed by atoms with Crippen molar-refractivity contribution in [2.24, 2.45) is 0 Å². The van der Waals surface area contributed by atoms with Crippen LogP contribution in [0.15, 0.2) is 0 Å². The third-order valence-electron chi connectivity index (χ3n) is 1.50. The van der Waals surface area contributed by atoms with Gasteiger partial charge in [-0.25, -0.2) is 0 Å². The highest BCUT2D eigenvalue weighted by Crippen LogP contribution is 2.56. The molecule has 14 heavy (non-hydrogen) atoms. The van der Waals surface area contributed by atoms with Gasteiger partial charge in [0.2, 0.25) is 5.69 Å². The van der Waals surface area contributed by atoms with Crippen molar-refractivity contribution >= 4 is 28.9 Å². The maximum absolute atomic E-state index is 9.63. The Labute approximate surface area is 96.5 Å². The van der Waals surface area contributed by atoms with E-state index in [0.29, 0.717) is 6.61 Å². The lowest BCUT2D eigenvalue weighted by molar-refractivity contribution is 0.312. The summed E-state index contributed by atoms with van der Waals surface area (Å²) in [6.45, 7) is 4.82. The molecule has 0 saturated carbocycles. The van der Waals surface area contributed by atoms with Crippen LogP contribution < -0.4 is 6.15 Å². The lowest BCUT2D eigenvalue weighted by Crippen LogP contribution is -1.90. The van der Waals surface area contributed by atoms with Gasteiger partial charge in [0, 0.05) is 5.75 Å². The van der Waals surface area contributed by atoms with E-state index in [4.69, 9.17) is 16.3 Å². The third-order valence-corrected chi connectivity index (χ3v) is 5.92. The lowest BCUT2D eigenvalue weighted by Gasteiger charge is -2.14. The standard InChI is InChI=1S/C8H19O2PS2.H3N/c1-3-5-7-10-11(9,12)13-8-6-4-2;/h3-8H2,1-2H3,(H,9,12);1H3. The quantitative estimate of drug-likeness (QED) is 0.514. The highest BCUT2D eigenvalue weighted by molar-refractivity contribution is 8.67. The van der Waals surface area contributed by atoms with Crippen LogP contribution in [0.5, 0.6) is 0 Å². The summed E-state index contributed by atoms with van der Waals surface area (Å²) in [5, 5.41) is 0. The zero-order valence-corrected chi connectivity index (χ0v) is 11.6. The minimum absolute atomic E-state index is 0. The molecule has 0 heterocycles. The van der Waals surface area contributed by atoms with Gasteiger partial charge < -0.3 is 15.6 Å². The molecule has 0 saturated heterocycles. The lowest BCUT2D eigenvalue weighted by atomic mass is 10.4. The van der Waals surface area contributed by atoms with Crippen molar-refractivity contribution in [2.75, 3.05) is 12.4 Å². The van der Waals surface area contributed by atoms with E-state index >= 15 is 0 Å². The van der Waals surface area contributed by atoms with Gasteiger partial charge in [-0.1, -0.05) is 38.1 Å². The summed E-state index contributed by atoms with van der Waals surface area (Å²) in [4.78, 5) is 9.63. The van der Waals surface area contributed by atoms with Gasteiger partial charge in [-0.3, -0.25) is 0 Å². The SMILES string of the molecule is CCCCOP(O)(=S)SCCCC.N. The van der Waals surface area contributed by atoms with Gasteiger partial charge >= 0.3 is 0 Å².